The normalized spacial score (nSPS) is 30.9. The Morgan fingerprint density at radius 2 is 1.91 bits per heavy atom. The highest BCUT2D eigenvalue weighted by atomic mass is 16.5. The summed E-state index contributed by atoms with van der Waals surface area (Å²) in [6.45, 7) is 2.82. The lowest BCUT2D eigenvalue weighted by atomic mass is 9.81. The van der Waals surface area contributed by atoms with Crippen molar-refractivity contribution >= 4 is 17.7 Å². The molecule has 2 saturated heterocycles. The highest BCUT2D eigenvalue weighted by Gasteiger charge is 2.61. The first-order chi connectivity index (χ1) is 16.0. The summed E-state index contributed by atoms with van der Waals surface area (Å²) in [4.78, 5) is 50.9. The fourth-order valence-corrected chi connectivity index (χ4v) is 6.63. The van der Waals surface area contributed by atoms with E-state index in [-0.39, 0.29) is 42.0 Å². The minimum absolute atomic E-state index is 0.0197. The van der Waals surface area contributed by atoms with Crippen LogP contribution >= 0.6 is 0 Å². The van der Waals surface area contributed by atoms with Gasteiger partial charge in [0.05, 0.1) is 28.8 Å². The standard InChI is InChI=1S/C24H27N5O4/c1-13-7-18(33-27-13)17-9-25-12-26-22(17)16-3-2-6-28(10-16)19(30)11-29-23(31)20-14-4-5-15(8-14)21(20)24(29)32/h7,9,12,14-16,20-21H,2-6,8,10-11H2,1H3/t14-,15+,16-,20-,21-/m0/s1. The summed E-state index contributed by atoms with van der Waals surface area (Å²) in [5, 5.41) is 3.97. The zero-order valence-corrected chi connectivity index (χ0v) is 18.6. The van der Waals surface area contributed by atoms with Crippen LogP contribution in [0.5, 0.6) is 0 Å². The van der Waals surface area contributed by atoms with Crippen molar-refractivity contribution < 1.29 is 18.9 Å². The number of piperidine rings is 1. The second-order valence-electron chi connectivity index (χ2n) is 9.98. The van der Waals surface area contributed by atoms with Crippen molar-refractivity contribution in [3.05, 3.63) is 30.0 Å². The van der Waals surface area contributed by atoms with Gasteiger partial charge in [0.25, 0.3) is 0 Å². The van der Waals surface area contributed by atoms with Gasteiger partial charge in [-0.1, -0.05) is 5.16 Å². The van der Waals surface area contributed by atoms with Gasteiger partial charge in [0.1, 0.15) is 12.9 Å². The van der Waals surface area contributed by atoms with Crippen LogP contribution in [0.4, 0.5) is 0 Å². The van der Waals surface area contributed by atoms with Gasteiger partial charge in [-0.3, -0.25) is 19.3 Å². The van der Waals surface area contributed by atoms with E-state index in [9.17, 15) is 14.4 Å². The number of hydrogen-bond acceptors (Lipinski definition) is 7. The molecule has 9 nitrogen and oxygen atoms in total. The monoisotopic (exact) mass is 449 g/mol. The minimum Gasteiger partial charge on any atom is -0.356 e. The van der Waals surface area contributed by atoms with Crippen LogP contribution in [0.15, 0.2) is 23.1 Å². The summed E-state index contributed by atoms with van der Waals surface area (Å²) in [6.07, 6.45) is 8.00. The fourth-order valence-electron chi connectivity index (χ4n) is 6.63. The van der Waals surface area contributed by atoms with Crippen LogP contribution in [-0.2, 0) is 14.4 Å². The lowest BCUT2D eigenvalue weighted by Crippen LogP contribution is -2.46. The molecule has 2 aliphatic heterocycles. The number of aryl methyl sites for hydroxylation is 1. The number of rotatable bonds is 4. The lowest BCUT2D eigenvalue weighted by molar-refractivity contribution is -0.147. The van der Waals surface area contributed by atoms with E-state index >= 15 is 0 Å². The second kappa shape index (κ2) is 7.74. The van der Waals surface area contributed by atoms with Gasteiger partial charge in [-0.2, -0.15) is 0 Å². The van der Waals surface area contributed by atoms with Crippen molar-refractivity contribution in [3.8, 4) is 11.3 Å². The molecule has 6 rings (SSSR count). The molecule has 4 heterocycles. The van der Waals surface area contributed by atoms with Crippen molar-refractivity contribution in [2.75, 3.05) is 19.6 Å². The Morgan fingerprint density at radius 3 is 2.61 bits per heavy atom. The molecule has 4 fully saturated rings. The molecule has 2 aliphatic carbocycles. The zero-order chi connectivity index (χ0) is 22.7. The van der Waals surface area contributed by atoms with Gasteiger partial charge in [0.15, 0.2) is 5.76 Å². The molecule has 2 saturated carbocycles. The van der Waals surface area contributed by atoms with Crippen LogP contribution in [0.3, 0.4) is 0 Å². The molecular weight excluding hydrogens is 422 g/mol. The van der Waals surface area contributed by atoms with Gasteiger partial charge in [-0.05, 0) is 50.9 Å². The van der Waals surface area contributed by atoms with Gasteiger partial charge < -0.3 is 9.42 Å². The third kappa shape index (κ3) is 3.28. The third-order valence-electron chi connectivity index (χ3n) is 8.11. The van der Waals surface area contributed by atoms with Gasteiger partial charge in [0, 0.05) is 31.3 Å². The Kier molecular flexibility index (Phi) is 4.81. The van der Waals surface area contributed by atoms with Crippen molar-refractivity contribution in [2.24, 2.45) is 23.7 Å². The Balaban J connectivity index is 1.18. The summed E-state index contributed by atoms with van der Waals surface area (Å²) < 4.78 is 5.43. The van der Waals surface area contributed by atoms with Crippen LogP contribution < -0.4 is 0 Å². The molecule has 4 aliphatic rings. The first-order valence-corrected chi connectivity index (χ1v) is 11.9. The van der Waals surface area contributed by atoms with Crippen LogP contribution in [-0.4, -0.2) is 62.3 Å². The SMILES string of the molecule is Cc1cc(-c2cncnc2[C@H]2CCCN(C(=O)CN3C(=O)[C@H]4[C@@H]5CC[C@@H](C5)[C@@H]4C3=O)C2)on1. The van der Waals surface area contributed by atoms with Crippen LogP contribution in [0, 0.1) is 30.6 Å². The average Bonchev–Trinajstić information content (AvgIpc) is 3.61. The molecule has 5 atom stereocenters. The molecule has 2 bridgehead atoms. The number of aromatic nitrogens is 3. The van der Waals surface area contributed by atoms with Crippen LogP contribution in [0.2, 0.25) is 0 Å². The van der Waals surface area contributed by atoms with Crippen molar-refractivity contribution in [1.82, 2.24) is 24.9 Å². The first-order valence-electron chi connectivity index (χ1n) is 11.9. The maximum absolute atomic E-state index is 13.2. The molecule has 2 aromatic heterocycles. The predicted molar refractivity (Wildman–Crippen MR) is 115 cm³/mol. The van der Waals surface area contributed by atoms with E-state index in [1.165, 1.54) is 11.2 Å². The Labute approximate surface area is 191 Å². The molecule has 172 valence electrons. The van der Waals surface area contributed by atoms with Crippen molar-refractivity contribution in [3.63, 3.8) is 0 Å². The summed E-state index contributed by atoms with van der Waals surface area (Å²) in [5.74, 6) is 0.487. The molecule has 2 aromatic rings. The van der Waals surface area contributed by atoms with Crippen molar-refractivity contribution in [2.45, 2.75) is 44.9 Å². The number of amides is 3. The van der Waals surface area contributed by atoms with Crippen LogP contribution in [0.1, 0.15) is 49.4 Å². The molecule has 3 amide bonds. The second-order valence-corrected chi connectivity index (χ2v) is 9.98. The number of carbonyl (C=O) groups excluding carboxylic acids is 3. The summed E-state index contributed by atoms with van der Waals surface area (Å²) >= 11 is 0. The van der Waals surface area contributed by atoms with E-state index in [1.807, 2.05) is 13.0 Å². The molecule has 0 unspecified atom stereocenters. The molecule has 33 heavy (non-hydrogen) atoms. The Hall–Kier alpha value is -3.10. The topological polar surface area (TPSA) is 110 Å². The highest BCUT2D eigenvalue weighted by Crippen LogP contribution is 2.56. The van der Waals surface area contributed by atoms with E-state index in [2.05, 4.69) is 15.1 Å². The number of imide groups is 1. The van der Waals surface area contributed by atoms with Gasteiger partial charge in [0.2, 0.25) is 17.7 Å². The van der Waals surface area contributed by atoms with E-state index in [4.69, 9.17) is 4.52 Å². The fraction of sp³-hybridized carbons (Fsp3) is 0.583. The van der Waals surface area contributed by atoms with E-state index < -0.39 is 0 Å². The average molecular weight is 450 g/mol. The minimum atomic E-state index is -0.188. The quantitative estimate of drug-likeness (QED) is 0.658. The molecular formula is C24H27N5O4. The number of fused-ring (bicyclic) bond motifs is 5. The van der Waals surface area contributed by atoms with Gasteiger partial charge in [-0.25, -0.2) is 9.97 Å². The molecule has 0 aromatic carbocycles. The van der Waals surface area contributed by atoms with Crippen LogP contribution in [0.25, 0.3) is 11.3 Å². The number of likely N-dealkylation sites (tertiary alicyclic amines) is 2. The largest absolute Gasteiger partial charge is 0.356 e. The Morgan fingerprint density at radius 1 is 1.15 bits per heavy atom. The van der Waals surface area contributed by atoms with E-state index in [0.717, 1.165) is 49.1 Å². The number of nitrogens with zero attached hydrogens (tertiary/aromatic N) is 5. The predicted octanol–water partition coefficient (Wildman–Crippen LogP) is 2.18. The molecule has 0 radical (unpaired) electrons. The summed E-state index contributed by atoms with van der Waals surface area (Å²) in [7, 11) is 0. The summed E-state index contributed by atoms with van der Waals surface area (Å²) in [6, 6.07) is 1.85. The number of hydrogen-bond donors (Lipinski definition) is 0. The Bertz CT molecular complexity index is 1100. The van der Waals surface area contributed by atoms with E-state index in [0.29, 0.717) is 30.7 Å². The van der Waals surface area contributed by atoms with E-state index in [1.54, 1.807) is 11.1 Å². The third-order valence-corrected chi connectivity index (χ3v) is 8.11. The molecule has 9 heteroatoms. The van der Waals surface area contributed by atoms with Crippen molar-refractivity contribution in [1.29, 1.82) is 0 Å². The zero-order valence-electron chi connectivity index (χ0n) is 18.6. The molecule has 0 spiro atoms. The smallest absolute Gasteiger partial charge is 0.242 e. The number of carbonyl (C=O) groups is 3. The maximum atomic E-state index is 13.2. The van der Waals surface area contributed by atoms with Gasteiger partial charge >= 0.3 is 0 Å². The first kappa shape index (κ1) is 20.5. The van der Waals surface area contributed by atoms with Gasteiger partial charge in [-0.15, -0.1) is 0 Å². The molecule has 0 N–H and O–H groups in total. The highest BCUT2D eigenvalue weighted by molar-refractivity contribution is 6.08. The lowest BCUT2D eigenvalue weighted by Gasteiger charge is -2.34. The summed E-state index contributed by atoms with van der Waals surface area (Å²) in [5.41, 5.74) is 2.39. The maximum Gasteiger partial charge on any atom is 0.242 e.